The smallest absolute Gasteiger partial charge is 0.457 e. The molecule has 45 heavy (non-hydrogen) atoms. The normalized spacial score (nSPS) is 11.6. The highest BCUT2D eigenvalue weighted by Gasteiger charge is 2.31. The fourth-order valence-corrected chi connectivity index (χ4v) is 4.41. The molecule has 0 aliphatic rings. The van der Waals surface area contributed by atoms with E-state index in [2.05, 4.69) is 32.1 Å². The summed E-state index contributed by atoms with van der Waals surface area (Å²) < 4.78 is 93.0. The van der Waals surface area contributed by atoms with Gasteiger partial charge in [-0.15, -0.1) is 26.3 Å². The first-order chi connectivity index (χ1) is 21.1. The molecular formula is C32H31F6IN2O4. The summed E-state index contributed by atoms with van der Waals surface area (Å²) in [6.45, 7) is 1.40. The molecule has 242 valence electrons. The van der Waals surface area contributed by atoms with Crippen LogP contribution in [0.25, 0.3) is 0 Å². The van der Waals surface area contributed by atoms with Gasteiger partial charge in [-0.3, -0.25) is 0 Å². The number of halogens is 7. The minimum atomic E-state index is -4.70. The van der Waals surface area contributed by atoms with Crippen molar-refractivity contribution < 1.29 is 45.3 Å². The van der Waals surface area contributed by atoms with Gasteiger partial charge in [0.05, 0.1) is 0 Å². The number of nitrogens with zero attached hydrogens (tertiary/aromatic N) is 2. The van der Waals surface area contributed by atoms with Crippen LogP contribution in [0.5, 0.6) is 34.5 Å². The molecular weight excluding hydrogens is 717 g/mol. The molecule has 0 aliphatic heterocycles. The van der Waals surface area contributed by atoms with Crippen molar-refractivity contribution in [3.63, 3.8) is 0 Å². The van der Waals surface area contributed by atoms with Gasteiger partial charge in [0.25, 0.3) is 0 Å². The molecule has 0 aliphatic carbocycles. The van der Waals surface area contributed by atoms with E-state index in [4.69, 9.17) is 9.47 Å². The fraction of sp³-hybridized carbons (Fsp3) is 0.250. The quantitative estimate of drug-likeness (QED) is 0.119. The number of hydrogen-bond acceptors (Lipinski definition) is 6. The first-order valence-electron chi connectivity index (χ1n) is 13.3. The Labute approximate surface area is 271 Å². The molecule has 4 aromatic rings. The summed E-state index contributed by atoms with van der Waals surface area (Å²) in [4.78, 5) is 4.01. The molecule has 0 spiro atoms. The lowest BCUT2D eigenvalue weighted by Gasteiger charge is -2.15. The largest absolute Gasteiger partial charge is 0.573 e. The predicted molar refractivity (Wildman–Crippen MR) is 167 cm³/mol. The van der Waals surface area contributed by atoms with Crippen LogP contribution in [0, 0.1) is 3.57 Å². The molecule has 0 amide bonds. The Morgan fingerprint density at radius 1 is 0.533 bits per heavy atom. The van der Waals surface area contributed by atoms with E-state index in [9.17, 15) is 26.3 Å². The van der Waals surface area contributed by atoms with Crippen molar-refractivity contribution in [2.45, 2.75) is 25.8 Å². The van der Waals surface area contributed by atoms with Crippen LogP contribution < -0.4 is 18.9 Å². The minimum Gasteiger partial charge on any atom is -0.457 e. The van der Waals surface area contributed by atoms with E-state index in [1.54, 1.807) is 0 Å². The average molecular weight is 749 g/mol. The molecule has 0 saturated heterocycles. The Balaban J connectivity index is 0.000000246. The zero-order chi connectivity index (χ0) is 33.2. The molecule has 6 nitrogen and oxygen atoms in total. The van der Waals surface area contributed by atoms with Crippen LogP contribution in [0.4, 0.5) is 26.3 Å². The molecule has 0 unspecified atom stereocenters. The lowest BCUT2D eigenvalue weighted by atomic mass is 10.2. The van der Waals surface area contributed by atoms with Crippen LogP contribution in [0.15, 0.2) is 91.0 Å². The highest BCUT2D eigenvalue weighted by atomic mass is 127. The van der Waals surface area contributed by atoms with Gasteiger partial charge < -0.3 is 28.7 Å². The summed E-state index contributed by atoms with van der Waals surface area (Å²) in [6.07, 6.45) is -9.39. The van der Waals surface area contributed by atoms with E-state index in [-0.39, 0.29) is 11.5 Å². The van der Waals surface area contributed by atoms with Crippen molar-refractivity contribution in [2.24, 2.45) is 0 Å². The van der Waals surface area contributed by atoms with Gasteiger partial charge in [-0.1, -0.05) is 18.2 Å². The van der Waals surface area contributed by atoms with E-state index >= 15 is 0 Å². The third kappa shape index (κ3) is 13.5. The summed E-state index contributed by atoms with van der Waals surface area (Å²) >= 11 is 2.22. The molecule has 13 heteroatoms. The number of benzene rings is 4. The van der Waals surface area contributed by atoms with Crippen molar-refractivity contribution in [3.05, 3.63) is 106 Å². The lowest BCUT2D eigenvalue weighted by Crippen LogP contribution is -2.16. The van der Waals surface area contributed by atoms with Crippen molar-refractivity contribution in [1.82, 2.24) is 9.80 Å². The number of alkyl halides is 6. The fourth-order valence-electron chi connectivity index (χ4n) is 3.86. The first-order valence-corrected chi connectivity index (χ1v) is 14.4. The van der Waals surface area contributed by atoms with Gasteiger partial charge >= 0.3 is 12.7 Å². The summed E-state index contributed by atoms with van der Waals surface area (Å²) in [5, 5.41) is 0. The molecule has 0 aromatic heterocycles. The van der Waals surface area contributed by atoms with E-state index < -0.39 is 12.7 Å². The maximum absolute atomic E-state index is 12.1. The van der Waals surface area contributed by atoms with Crippen LogP contribution in [0.3, 0.4) is 0 Å². The first kappa shape index (κ1) is 35.8. The zero-order valence-corrected chi connectivity index (χ0v) is 26.9. The van der Waals surface area contributed by atoms with Crippen LogP contribution in [-0.4, -0.2) is 50.7 Å². The van der Waals surface area contributed by atoms with Crippen LogP contribution in [0.2, 0.25) is 0 Å². The van der Waals surface area contributed by atoms with Crippen LogP contribution in [0.1, 0.15) is 11.1 Å². The van der Waals surface area contributed by atoms with Gasteiger partial charge in [0.15, 0.2) is 0 Å². The van der Waals surface area contributed by atoms with Crippen molar-refractivity contribution in [1.29, 1.82) is 0 Å². The third-order valence-corrected chi connectivity index (χ3v) is 6.21. The molecule has 0 radical (unpaired) electrons. The van der Waals surface area contributed by atoms with E-state index in [1.807, 2.05) is 80.5 Å². The van der Waals surface area contributed by atoms with E-state index in [0.717, 1.165) is 14.7 Å². The number of rotatable bonds is 10. The Morgan fingerprint density at radius 2 is 0.933 bits per heavy atom. The predicted octanol–water partition coefficient (Wildman–Crippen LogP) is 9.48. The summed E-state index contributed by atoms with van der Waals surface area (Å²) in [7, 11) is 7.79. The standard InChI is InChI=1S/C16H15F3INO2.C16H16F3NO2/c1-21(2)10-11-9-12(20)3-8-15(11)22-13-4-6-14(7-5-13)23-16(17,18)19;1-20(2)11-12-5-3-4-6-15(12)21-13-7-9-14(10-8-13)22-16(17,18)19/h3-9H,10H2,1-2H3;3-10H,11H2,1-2H3. The monoisotopic (exact) mass is 748 g/mol. The van der Waals surface area contributed by atoms with Crippen LogP contribution in [-0.2, 0) is 13.1 Å². The Kier molecular flexibility index (Phi) is 12.8. The highest BCUT2D eigenvalue weighted by Crippen LogP contribution is 2.31. The zero-order valence-electron chi connectivity index (χ0n) is 24.7. The Bertz CT molecular complexity index is 1500. The van der Waals surface area contributed by atoms with E-state index in [0.29, 0.717) is 36.1 Å². The van der Waals surface area contributed by atoms with Gasteiger partial charge in [0, 0.05) is 27.8 Å². The maximum atomic E-state index is 12.1. The van der Waals surface area contributed by atoms with Gasteiger partial charge in [0.1, 0.15) is 34.5 Å². The molecule has 0 heterocycles. The SMILES string of the molecule is CN(C)Cc1cc(I)ccc1Oc1ccc(OC(F)(F)F)cc1.CN(C)Cc1ccccc1Oc1ccc(OC(F)(F)F)cc1. The van der Waals surface area contributed by atoms with Gasteiger partial charge in [-0.25, -0.2) is 0 Å². The van der Waals surface area contributed by atoms with Gasteiger partial charge in [-0.05, 0) is 124 Å². The number of ether oxygens (including phenoxy) is 4. The second-order valence-electron chi connectivity index (χ2n) is 10.1. The third-order valence-electron chi connectivity index (χ3n) is 5.54. The second kappa shape index (κ2) is 16.0. The minimum absolute atomic E-state index is 0.276. The summed E-state index contributed by atoms with van der Waals surface area (Å²) in [5.41, 5.74) is 1.99. The topological polar surface area (TPSA) is 43.4 Å². The highest BCUT2D eigenvalue weighted by molar-refractivity contribution is 14.1. The molecule has 4 rings (SSSR count). The average Bonchev–Trinajstić information content (AvgIpc) is 2.92. The summed E-state index contributed by atoms with van der Waals surface area (Å²) in [6, 6.07) is 23.9. The molecule has 4 aromatic carbocycles. The van der Waals surface area contributed by atoms with Crippen molar-refractivity contribution in [3.8, 4) is 34.5 Å². The molecule has 0 atom stereocenters. The van der Waals surface area contributed by atoms with Crippen molar-refractivity contribution in [2.75, 3.05) is 28.2 Å². The van der Waals surface area contributed by atoms with Crippen molar-refractivity contribution >= 4 is 22.6 Å². The second-order valence-corrected chi connectivity index (χ2v) is 11.3. The molecule has 0 bridgehead atoms. The lowest BCUT2D eigenvalue weighted by molar-refractivity contribution is -0.275. The van der Waals surface area contributed by atoms with Gasteiger partial charge in [-0.2, -0.15) is 0 Å². The Hall–Kier alpha value is -3.69. The Morgan fingerprint density at radius 3 is 1.38 bits per heavy atom. The van der Waals surface area contributed by atoms with Crippen LogP contribution >= 0.6 is 22.6 Å². The molecule has 0 N–H and O–H groups in total. The maximum Gasteiger partial charge on any atom is 0.573 e. The number of hydrogen-bond donors (Lipinski definition) is 0. The molecule has 0 saturated carbocycles. The molecule has 0 fully saturated rings. The number of para-hydroxylation sites is 1. The van der Waals surface area contributed by atoms with Gasteiger partial charge in [0.2, 0.25) is 0 Å². The van der Waals surface area contributed by atoms with E-state index in [1.165, 1.54) is 48.5 Å². The summed E-state index contributed by atoms with van der Waals surface area (Å²) in [5.74, 6) is 1.67.